The van der Waals surface area contributed by atoms with Gasteiger partial charge >= 0.3 is 39.5 Å². The number of aliphatic hydroxyl groups excluding tert-OH is 1. The van der Waals surface area contributed by atoms with Crippen molar-refractivity contribution in [1.29, 1.82) is 0 Å². The van der Waals surface area contributed by atoms with Crippen molar-refractivity contribution in [3.05, 3.63) is 231 Å². The van der Waals surface area contributed by atoms with E-state index in [-0.39, 0.29) is 25.7 Å². The number of carbonyl (C=O) groups is 4. The Hall–Kier alpha value is -6.88. The van der Waals surface area contributed by atoms with Crippen LogP contribution < -0.4 is 0 Å². The molecule has 0 saturated carbocycles. The number of rotatable bonds is 75. The fourth-order valence-electron chi connectivity index (χ4n) is 9.92. The molecule has 0 aromatic heterocycles. The first-order valence-corrected chi connectivity index (χ1v) is 44.6. The number of hydrogen-bond donors (Lipinski definition) is 3. The summed E-state index contributed by atoms with van der Waals surface area (Å²) in [6.45, 7) is 4.24. The number of phosphoric ester groups is 2. The summed E-state index contributed by atoms with van der Waals surface area (Å²) in [7, 11) is -10.1. The first-order chi connectivity index (χ1) is 54.7. The summed E-state index contributed by atoms with van der Waals surface area (Å²) in [6.07, 6.45) is 106. The van der Waals surface area contributed by atoms with E-state index in [9.17, 15) is 43.2 Å². The van der Waals surface area contributed by atoms with Gasteiger partial charge in [-0.2, -0.15) is 0 Å². The molecule has 0 aliphatic carbocycles. The predicted molar refractivity (Wildman–Crippen MR) is 463 cm³/mol. The number of hydrogen-bond acceptors (Lipinski definition) is 15. The molecule has 3 N–H and O–H groups in total. The molecule has 0 aliphatic rings. The molecule has 17 nitrogen and oxygen atoms in total. The number of allylic oxidation sites excluding steroid dienone is 38. The normalized spacial score (nSPS) is 15.0. The molecular formula is C93H144O17P2. The van der Waals surface area contributed by atoms with Crippen LogP contribution in [-0.2, 0) is 65.4 Å². The lowest BCUT2D eigenvalue weighted by molar-refractivity contribution is -0.161. The molecule has 0 rings (SSSR count). The fourth-order valence-corrected chi connectivity index (χ4v) is 11.5. The lowest BCUT2D eigenvalue weighted by Crippen LogP contribution is -2.30. The van der Waals surface area contributed by atoms with Crippen LogP contribution in [0.2, 0.25) is 0 Å². The molecule has 0 spiro atoms. The maximum atomic E-state index is 13.1. The number of esters is 4. The van der Waals surface area contributed by atoms with Gasteiger partial charge in [-0.15, -0.1) is 0 Å². The van der Waals surface area contributed by atoms with E-state index in [1.165, 1.54) is 19.3 Å². The van der Waals surface area contributed by atoms with Crippen LogP contribution in [0.15, 0.2) is 231 Å². The molecule has 5 atom stereocenters. The summed E-state index contributed by atoms with van der Waals surface area (Å²) in [5, 5.41) is 10.7. The van der Waals surface area contributed by atoms with E-state index in [4.69, 9.17) is 37.0 Å². The Bertz CT molecular complexity index is 3040. The third-order valence-corrected chi connectivity index (χ3v) is 18.0. The molecule has 0 aliphatic heterocycles. The molecule has 0 aromatic rings. The third-order valence-electron chi connectivity index (χ3n) is 16.1. The number of ether oxygens (including phenoxy) is 4. The maximum absolute atomic E-state index is 13.1. The smallest absolute Gasteiger partial charge is 0.462 e. The largest absolute Gasteiger partial charge is 0.472 e. The highest BCUT2D eigenvalue weighted by Gasteiger charge is 2.30. The minimum absolute atomic E-state index is 0.00900. The van der Waals surface area contributed by atoms with Crippen molar-refractivity contribution in [2.45, 2.75) is 290 Å². The van der Waals surface area contributed by atoms with Crippen LogP contribution in [-0.4, -0.2) is 96.7 Å². The van der Waals surface area contributed by atoms with Crippen molar-refractivity contribution in [3.63, 3.8) is 0 Å². The molecule has 5 unspecified atom stereocenters. The van der Waals surface area contributed by atoms with E-state index in [0.717, 1.165) is 161 Å². The Kier molecular flexibility index (Phi) is 77.1. The maximum Gasteiger partial charge on any atom is 0.472 e. The van der Waals surface area contributed by atoms with Crippen molar-refractivity contribution in [2.24, 2.45) is 0 Å². The molecule has 0 fully saturated rings. The number of aliphatic hydroxyl groups is 1. The summed E-state index contributed by atoms with van der Waals surface area (Å²) in [4.78, 5) is 73.2. The van der Waals surface area contributed by atoms with Crippen molar-refractivity contribution >= 4 is 39.5 Å². The van der Waals surface area contributed by atoms with Gasteiger partial charge in [-0.05, 0) is 180 Å². The first-order valence-electron chi connectivity index (χ1n) is 41.6. The Labute approximate surface area is 676 Å². The van der Waals surface area contributed by atoms with Gasteiger partial charge in [0.15, 0.2) is 12.2 Å². The second kappa shape index (κ2) is 82.1. The summed E-state index contributed by atoms with van der Waals surface area (Å²) < 4.78 is 68.5. The van der Waals surface area contributed by atoms with Gasteiger partial charge in [-0.3, -0.25) is 37.3 Å². The molecule has 0 amide bonds. The SMILES string of the molecule is CC/C=C\C/C=C\C/C=C\C/C=C\C/C=C\C/C=C\CCC(=O)OCC(COP(=O)(O)OCC(O)COP(=O)(O)OCC(COC(=O)CCCCC/C=C\C/C=C\C/C=C\C/C=C\C/C=C\CC)OC(=O)CCCCCCC/C=C\C/C=C\CCCCC)OC(=O)CC/C=C\C/C=C\C/C=C\C/C=C\C/C=C\C/C=C\CC. The van der Waals surface area contributed by atoms with Gasteiger partial charge in [-0.25, -0.2) is 9.13 Å². The lowest BCUT2D eigenvalue weighted by atomic mass is 10.1. The highest BCUT2D eigenvalue weighted by atomic mass is 31.2. The van der Waals surface area contributed by atoms with Crippen LogP contribution in [0, 0.1) is 0 Å². The van der Waals surface area contributed by atoms with E-state index in [1.54, 1.807) is 0 Å². The van der Waals surface area contributed by atoms with Crippen LogP contribution in [0.4, 0.5) is 0 Å². The quantitative estimate of drug-likeness (QED) is 0.0169. The minimum Gasteiger partial charge on any atom is -0.462 e. The Morgan fingerprint density at radius 2 is 0.482 bits per heavy atom. The number of unbranched alkanes of at least 4 members (excludes halogenated alkanes) is 11. The van der Waals surface area contributed by atoms with Gasteiger partial charge in [-0.1, -0.05) is 297 Å². The highest BCUT2D eigenvalue weighted by Crippen LogP contribution is 2.45. The van der Waals surface area contributed by atoms with Crippen LogP contribution in [0.1, 0.15) is 272 Å². The summed E-state index contributed by atoms with van der Waals surface area (Å²) in [5.41, 5.74) is 0. The number of phosphoric acid groups is 2. The molecule has 0 aromatic carbocycles. The lowest BCUT2D eigenvalue weighted by Gasteiger charge is -2.21. The second-order valence-corrected chi connectivity index (χ2v) is 29.5. The molecule has 0 heterocycles. The van der Waals surface area contributed by atoms with Crippen molar-refractivity contribution < 1.29 is 80.2 Å². The predicted octanol–water partition coefficient (Wildman–Crippen LogP) is 25.0. The van der Waals surface area contributed by atoms with Gasteiger partial charge in [0.05, 0.1) is 26.4 Å². The first kappa shape index (κ1) is 105. The molecule has 112 heavy (non-hydrogen) atoms. The highest BCUT2D eigenvalue weighted by molar-refractivity contribution is 7.47. The molecular weight excluding hydrogens is 1450 g/mol. The third kappa shape index (κ3) is 81.1. The zero-order valence-electron chi connectivity index (χ0n) is 68.7. The van der Waals surface area contributed by atoms with Crippen LogP contribution >= 0.6 is 15.6 Å². The van der Waals surface area contributed by atoms with Crippen LogP contribution in [0.3, 0.4) is 0 Å². The van der Waals surface area contributed by atoms with E-state index in [2.05, 4.69) is 222 Å². The topological polar surface area (TPSA) is 237 Å². The van der Waals surface area contributed by atoms with Gasteiger partial charge in [0.2, 0.25) is 0 Å². The molecule has 19 heteroatoms. The Morgan fingerprint density at radius 3 is 0.795 bits per heavy atom. The van der Waals surface area contributed by atoms with E-state index >= 15 is 0 Å². The van der Waals surface area contributed by atoms with Gasteiger partial charge in [0, 0.05) is 25.7 Å². The summed E-state index contributed by atoms with van der Waals surface area (Å²) in [5.74, 6) is -2.45. The molecule has 0 bridgehead atoms. The number of carbonyl (C=O) groups excluding carboxylic acids is 4. The van der Waals surface area contributed by atoms with Gasteiger partial charge in [0.25, 0.3) is 0 Å². The van der Waals surface area contributed by atoms with Crippen LogP contribution in [0.5, 0.6) is 0 Å². The van der Waals surface area contributed by atoms with Gasteiger partial charge in [0.1, 0.15) is 19.3 Å². The second-order valence-electron chi connectivity index (χ2n) is 26.6. The zero-order valence-corrected chi connectivity index (χ0v) is 70.5. The molecule has 628 valence electrons. The fraction of sp³-hybridized carbons (Fsp3) is 0.548. The Balaban J connectivity index is 5.59. The van der Waals surface area contributed by atoms with E-state index in [0.29, 0.717) is 38.5 Å². The summed E-state index contributed by atoms with van der Waals surface area (Å²) in [6, 6.07) is 0. The van der Waals surface area contributed by atoms with E-state index in [1.807, 2.05) is 36.5 Å². The zero-order chi connectivity index (χ0) is 81.7. The minimum atomic E-state index is -5.04. The van der Waals surface area contributed by atoms with Crippen molar-refractivity contribution in [3.8, 4) is 0 Å². The average molecular weight is 1600 g/mol. The Morgan fingerprint density at radius 1 is 0.259 bits per heavy atom. The average Bonchev–Trinajstić information content (AvgIpc) is 0.898. The van der Waals surface area contributed by atoms with Crippen molar-refractivity contribution in [1.82, 2.24) is 0 Å². The van der Waals surface area contributed by atoms with Crippen LogP contribution in [0.25, 0.3) is 0 Å². The summed E-state index contributed by atoms with van der Waals surface area (Å²) >= 11 is 0. The van der Waals surface area contributed by atoms with E-state index < -0.39 is 97.5 Å². The van der Waals surface area contributed by atoms with Gasteiger partial charge < -0.3 is 33.8 Å². The molecule has 0 saturated heterocycles. The standard InChI is InChI=1S/C93H144O17P2/c1-5-9-13-17-21-25-29-33-37-40-43-46-50-53-57-61-65-69-73-77-90(95)103-83-88(109-92(97)79-75-71-67-63-59-55-49-36-32-28-24-20-16-12-8-4)85-107-111(99,100)105-81-87(94)82-106-112(101,102)108-86-89(110-93(98)80-76-72-68-64-60-56-52-48-45-42-39-35-31-27-23-19-15-11-7-3)84-104-91(96)78-74-70-66-62-58-54-51-47-44-41-38-34-30-26-22-18-14-10-6-2/h9-11,13-15,21-28,33-39,43-49,53-54,56-58,60,66,68,70,72,87-89,94H,5-8,12,16-20,29-32,40-42,50-52,55,59,61-65,67,69,71,73-86H2,1-4H3,(H,99,100)(H,101,102)/b13-9-,14-10-,15-11-,25-21-,26-22-,27-23-,28-24-,37-33-,38-34-,39-35-,46-43-,47-44-,48-45-,49-36-,57-53-,58-54-,60-56-,70-66-,72-68-. The monoisotopic (exact) mass is 1590 g/mol. The van der Waals surface area contributed by atoms with Crippen molar-refractivity contribution in [2.75, 3.05) is 39.6 Å². The molecule has 0 radical (unpaired) electrons.